The Balaban J connectivity index is 2.65. The number of hydrogen-bond acceptors (Lipinski definition) is 2. The fraction of sp³-hybridized carbons (Fsp3) is 0.538. The van der Waals surface area contributed by atoms with Crippen molar-refractivity contribution in [1.82, 2.24) is 5.32 Å². The maximum atomic E-state index is 5.98. The first-order chi connectivity index (χ1) is 7.67. The lowest BCUT2D eigenvalue weighted by atomic mass is 10.2. The van der Waals surface area contributed by atoms with E-state index in [4.69, 9.17) is 4.74 Å². The smallest absolute Gasteiger partial charge is 0.123 e. The van der Waals surface area contributed by atoms with Crippen LogP contribution in [0.5, 0.6) is 5.75 Å². The van der Waals surface area contributed by atoms with Crippen molar-refractivity contribution in [3.05, 3.63) is 28.2 Å². The van der Waals surface area contributed by atoms with Gasteiger partial charge in [-0.3, -0.25) is 0 Å². The number of halogens is 1. The Morgan fingerprint density at radius 3 is 2.75 bits per heavy atom. The molecule has 0 saturated heterocycles. The number of ether oxygens (including phenoxy) is 1. The monoisotopic (exact) mass is 285 g/mol. The van der Waals surface area contributed by atoms with Crippen molar-refractivity contribution >= 4 is 15.9 Å². The van der Waals surface area contributed by atoms with Crippen LogP contribution in [0.15, 0.2) is 22.7 Å². The van der Waals surface area contributed by atoms with E-state index >= 15 is 0 Å². The van der Waals surface area contributed by atoms with Crippen LogP contribution in [-0.4, -0.2) is 19.2 Å². The van der Waals surface area contributed by atoms with Gasteiger partial charge in [0.05, 0.1) is 0 Å². The minimum Gasteiger partial charge on any atom is -0.489 e. The van der Waals surface area contributed by atoms with Crippen molar-refractivity contribution in [1.29, 1.82) is 0 Å². The second-order valence-electron chi connectivity index (χ2n) is 3.87. The summed E-state index contributed by atoms with van der Waals surface area (Å²) < 4.78 is 7.05. The molecule has 1 aromatic carbocycles. The standard InChI is InChI=1S/C13H20BrNO/c1-4-12(9-15-5-2)16-13-8-11(14)7-6-10(13)3/h6-8,12,15H,4-5,9H2,1-3H3. The van der Waals surface area contributed by atoms with E-state index in [2.05, 4.69) is 48.1 Å². The first kappa shape index (κ1) is 13.5. The van der Waals surface area contributed by atoms with Crippen LogP contribution in [0.25, 0.3) is 0 Å². The summed E-state index contributed by atoms with van der Waals surface area (Å²) in [6.07, 6.45) is 1.26. The Kier molecular flexibility index (Phi) is 5.85. The summed E-state index contributed by atoms with van der Waals surface area (Å²) in [5, 5.41) is 3.32. The molecule has 90 valence electrons. The van der Waals surface area contributed by atoms with Gasteiger partial charge in [-0.25, -0.2) is 0 Å². The summed E-state index contributed by atoms with van der Waals surface area (Å²) in [6.45, 7) is 8.21. The molecular formula is C13H20BrNO. The lowest BCUT2D eigenvalue weighted by Gasteiger charge is -2.19. The van der Waals surface area contributed by atoms with Gasteiger partial charge in [-0.1, -0.05) is 35.8 Å². The zero-order valence-corrected chi connectivity index (χ0v) is 11.8. The molecule has 0 amide bonds. The van der Waals surface area contributed by atoms with E-state index in [-0.39, 0.29) is 6.10 Å². The van der Waals surface area contributed by atoms with Gasteiger partial charge in [0.2, 0.25) is 0 Å². The molecule has 0 fully saturated rings. The van der Waals surface area contributed by atoms with Crippen molar-refractivity contribution in [2.45, 2.75) is 33.3 Å². The highest BCUT2D eigenvalue weighted by Crippen LogP contribution is 2.24. The average molecular weight is 286 g/mol. The molecule has 1 aromatic rings. The molecule has 0 saturated carbocycles. The Morgan fingerprint density at radius 1 is 1.38 bits per heavy atom. The molecule has 0 aliphatic carbocycles. The molecule has 0 spiro atoms. The molecule has 0 heterocycles. The van der Waals surface area contributed by atoms with Gasteiger partial charge >= 0.3 is 0 Å². The molecule has 0 radical (unpaired) electrons. The maximum Gasteiger partial charge on any atom is 0.123 e. The van der Waals surface area contributed by atoms with E-state index in [0.717, 1.165) is 29.7 Å². The van der Waals surface area contributed by atoms with Crippen molar-refractivity contribution < 1.29 is 4.74 Å². The SMILES string of the molecule is CCNCC(CC)Oc1cc(Br)ccc1C. The van der Waals surface area contributed by atoms with Crippen LogP contribution in [0, 0.1) is 6.92 Å². The lowest BCUT2D eigenvalue weighted by Crippen LogP contribution is -2.30. The van der Waals surface area contributed by atoms with E-state index in [1.54, 1.807) is 0 Å². The first-order valence-corrected chi connectivity index (χ1v) is 6.60. The van der Waals surface area contributed by atoms with Crippen LogP contribution in [0.1, 0.15) is 25.8 Å². The summed E-state index contributed by atoms with van der Waals surface area (Å²) in [5.41, 5.74) is 1.18. The van der Waals surface area contributed by atoms with Crippen LogP contribution < -0.4 is 10.1 Å². The number of benzene rings is 1. The topological polar surface area (TPSA) is 21.3 Å². The Bertz CT molecular complexity index is 328. The zero-order chi connectivity index (χ0) is 12.0. The van der Waals surface area contributed by atoms with Crippen LogP contribution in [0.2, 0.25) is 0 Å². The predicted molar refractivity (Wildman–Crippen MR) is 72.1 cm³/mol. The maximum absolute atomic E-state index is 5.98. The fourth-order valence-corrected chi connectivity index (χ4v) is 1.80. The molecule has 0 bridgehead atoms. The summed E-state index contributed by atoms with van der Waals surface area (Å²) in [6, 6.07) is 6.14. The molecule has 2 nitrogen and oxygen atoms in total. The van der Waals surface area contributed by atoms with Crippen LogP contribution >= 0.6 is 15.9 Å². The predicted octanol–water partition coefficient (Wildman–Crippen LogP) is 3.52. The highest BCUT2D eigenvalue weighted by molar-refractivity contribution is 9.10. The molecule has 1 N–H and O–H groups in total. The normalized spacial score (nSPS) is 12.5. The highest BCUT2D eigenvalue weighted by atomic mass is 79.9. The Morgan fingerprint density at radius 2 is 2.12 bits per heavy atom. The Labute approximate surface area is 107 Å². The molecule has 0 aliphatic rings. The molecular weight excluding hydrogens is 266 g/mol. The summed E-state index contributed by atoms with van der Waals surface area (Å²) in [7, 11) is 0. The van der Waals surface area contributed by atoms with Crippen LogP contribution in [-0.2, 0) is 0 Å². The van der Waals surface area contributed by atoms with Gasteiger partial charge in [0, 0.05) is 11.0 Å². The third-order valence-corrected chi connectivity index (χ3v) is 3.01. The van der Waals surface area contributed by atoms with Gasteiger partial charge in [-0.05, 0) is 37.6 Å². The van der Waals surface area contributed by atoms with E-state index in [9.17, 15) is 0 Å². The molecule has 16 heavy (non-hydrogen) atoms. The second-order valence-corrected chi connectivity index (χ2v) is 4.78. The van der Waals surface area contributed by atoms with E-state index < -0.39 is 0 Å². The molecule has 1 unspecified atom stereocenters. The quantitative estimate of drug-likeness (QED) is 0.864. The number of nitrogens with one attached hydrogen (secondary N) is 1. The van der Waals surface area contributed by atoms with E-state index in [0.29, 0.717) is 0 Å². The fourth-order valence-electron chi connectivity index (χ4n) is 1.46. The molecule has 1 atom stereocenters. The van der Waals surface area contributed by atoms with Crippen LogP contribution in [0.4, 0.5) is 0 Å². The van der Waals surface area contributed by atoms with Crippen molar-refractivity contribution in [3.8, 4) is 5.75 Å². The van der Waals surface area contributed by atoms with Crippen molar-refractivity contribution in [2.24, 2.45) is 0 Å². The number of rotatable bonds is 6. The molecule has 0 aromatic heterocycles. The largest absolute Gasteiger partial charge is 0.489 e. The molecule has 3 heteroatoms. The third kappa shape index (κ3) is 4.14. The second kappa shape index (κ2) is 6.92. The van der Waals surface area contributed by atoms with E-state index in [1.807, 2.05) is 12.1 Å². The zero-order valence-electron chi connectivity index (χ0n) is 10.2. The number of likely N-dealkylation sites (N-methyl/N-ethyl adjacent to an activating group) is 1. The van der Waals surface area contributed by atoms with Gasteiger partial charge in [-0.2, -0.15) is 0 Å². The number of hydrogen-bond donors (Lipinski definition) is 1. The Hall–Kier alpha value is -0.540. The van der Waals surface area contributed by atoms with Crippen molar-refractivity contribution in [2.75, 3.05) is 13.1 Å². The molecule has 1 rings (SSSR count). The average Bonchev–Trinajstić information content (AvgIpc) is 2.28. The van der Waals surface area contributed by atoms with Gasteiger partial charge in [0.1, 0.15) is 11.9 Å². The minimum absolute atomic E-state index is 0.243. The highest BCUT2D eigenvalue weighted by Gasteiger charge is 2.09. The van der Waals surface area contributed by atoms with Gasteiger partial charge < -0.3 is 10.1 Å². The van der Waals surface area contributed by atoms with Crippen LogP contribution in [0.3, 0.4) is 0 Å². The molecule has 0 aliphatic heterocycles. The number of aryl methyl sites for hydroxylation is 1. The third-order valence-electron chi connectivity index (χ3n) is 2.52. The first-order valence-electron chi connectivity index (χ1n) is 5.80. The summed E-state index contributed by atoms with van der Waals surface area (Å²) >= 11 is 3.47. The van der Waals surface area contributed by atoms with Gasteiger partial charge in [0.25, 0.3) is 0 Å². The summed E-state index contributed by atoms with van der Waals surface area (Å²) in [5.74, 6) is 0.971. The minimum atomic E-state index is 0.243. The lowest BCUT2D eigenvalue weighted by molar-refractivity contribution is 0.193. The van der Waals surface area contributed by atoms with Crippen molar-refractivity contribution in [3.63, 3.8) is 0 Å². The van der Waals surface area contributed by atoms with E-state index in [1.165, 1.54) is 5.56 Å². The summed E-state index contributed by atoms with van der Waals surface area (Å²) in [4.78, 5) is 0. The van der Waals surface area contributed by atoms with Gasteiger partial charge in [-0.15, -0.1) is 0 Å². The van der Waals surface area contributed by atoms with Gasteiger partial charge in [0.15, 0.2) is 0 Å².